The maximum atomic E-state index is 13.0. The van der Waals surface area contributed by atoms with Crippen LogP contribution in [0.4, 0.5) is 13.2 Å². The van der Waals surface area contributed by atoms with Crippen LogP contribution in [0.15, 0.2) is 24.3 Å². The molecule has 1 saturated heterocycles. The number of halogens is 3. The van der Waals surface area contributed by atoms with E-state index in [0.717, 1.165) is 25.5 Å². The average molecular weight is 313 g/mol. The van der Waals surface area contributed by atoms with Gasteiger partial charge < -0.3 is 4.90 Å². The summed E-state index contributed by atoms with van der Waals surface area (Å²) in [4.78, 5) is 13.6. The molecule has 0 radical (unpaired) electrons. The molecule has 1 unspecified atom stereocenters. The molecule has 0 saturated carbocycles. The van der Waals surface area contributed by atoms with E-state index in [1.54, 1.807) is 12.1 Å². The highest BCUT2D eigenvalue weighted by Gasteiger charge is 2.33. The van der Waals surface area contributed by atoms with Gasteiger partial charge in [0.15, 0.2) is 0 Å². The Balaban J connectivity index is 1.97. The van der Waals surface area contributed by atoms with E-state index in [4.69, 9.17) is 0 Å². The van der Waals surface area contributed by atoms with Gasteiger partial charge in [0.1, 0.15) is 0 Å². The molecule has 2 rings (SSSR count). The zero-order valence-corrected chi connectivity index (χ0v) is 12.8. The molecule has 0 spiro atoms. The third-order valence-corrected chi connectivity index (χ3v) is 4.32. The van der Waals surface area contributed by atoms with Gasteiger partial charge in [-0.3, -0.25) is 4.79 Å². The third-order valence-electron chi connectivity index (χ3n) is 4.32. The number of hydrogen-bond donors (Lipinski definition) is 0. The lowest BCUT2D eigenvalue weighted by molar-refractivity contribution is -0.138. The van der Waals surface area contributed by atoms with E-state index < -0.39 is 11.7 Å². The lowest BCUT2D eigenvalue weighted by Crippen LogP contribution is -2.39. The van der Waals surface area contributed by atoms with Gasteiger partial charge in [-0.05, 0) is 43.2 Å². The van der Waals surface area contributed by atoms with Gasteiger partial charge >= 0.3 is 6.18 Å². The summed E-state index contributed by atoms with van der Waals surface area (Å²) in [6.45, 7) is 3.30. The molecule has 1 fully saturated rings. The topological polar surface area (TPSA) is 20.3 Å². The third kappa shape index (κ3) is 4.24. The predicted octanol–water partition coefficient (Wildman–Crippen LogP) is 4.29. The van der Waals surface area contributed by atoms with Crippen molar-refractivity contribution in [3.63, 3.8) is 0 Å². The number of rotatable bonds is 4. The zero-order valence-electron chi connectivity index (χ0n) is 12.8. The number of aryl methyl sites for hydroxylation is 1. The first-order chi connectivity index (χ1) is 10.4. The molecule has 5 heteroatoms. The van der Waals surface area contributed by atoms with Crippen LogP contribution in [-0.2, 0) is 17.4 Å². The van der Waals surface area contributed by atoms with Crippen molar-refractivity contribution in [3.8, 4) is 0 Å². The molecule has 0 N–H and O–H groups in total. The highest BCUT2D eigenvalue weighted by Crippen LogP contribution is 2.33. The minimum Gasteiger partial charge on any atom is -0.342 e. The largest absolute Gasteiger partial charge is 0.416 e. The number of alkyl halides is 3. The molecule has 2 nitrogen and oxygen atoms in total. The first-order valence-corrected chi connectivity index (χ1v) is 7.84. The van der Waals surface area contributed by atoms with E-state index in [2.05, 4.69) is 0 Å². The van der Waals surface area contributed by atoms with Crippen LogP contribution in [0.3, 0.4) is 0 Å². The van der Waals surface area contributed by atoms with Gasteiger partial charge in [-0.1, -0.05) is 25.1 Å². The Morgan fingerprint density at radius 1 is 1.32 bits per heavy atom. The molecular formula is C17H22F3NO. The number of carbonyl (C=O) groups is 1. The Bertz CT molecular complexity index is 513. The SMILES string of the molecule is CCC(=O)N1CCCC(CCc2ccccc2C(F)(F)F)C1. The minimum atomic E-state index is -4.30. The number of likely N-dealkylation sites (tertiary alicyclic amines) is 1. The summed E-state index contributed by atoms with van der Waals surface area (Å²) >= 11 is 0. The fourth-order valence-corrected chi connectivity index (χ4v) is 3.13. The van der Waals surface area contributed by atoms with E-state index in [-0.39, 0.29) is 5.91 Å². The van der Waals surface area contributed by atoms with Crippen LogP contribution >= 0.6 is 0 Å². The zero-order chi connectivity index (χ0) is 16.2. The van der Waals surface area contributed by atoms with Gasteiger partial charge in [-0.15, -0.1) is 0 Å². The lowest BCUT2D eigenvalue weighted by atomic mass is 9.90. The molecule has 1 aromatic carbocycles. The van der Waals surface area contributed by atoms with Crippen molar-refractivity contribution in [3.05, 3.63) is 35.4 Å². The standard InChI is InChI=1S/C17H22F3NO/c1-2-16(22)21-11-5-6-13(12-21)9-10-14-7-3-4-8-15(14)17(18,19)20/h3-4,7-8,13H,2,5-6,9-12H2,1H3. The summed E-state index contributed by atoms with van der Waals surface area (Å²) in [5.74, 6) is 0.436. The minimum absolute atomic E-state index is 0.139. The highest BCUT2D eigenvalue weighted by molar-refractivity contribution is 5.75. The normalized spacial score (nSPS) is 19.3. The Labute approximate surface area is 129 Å². The quantitative estimate of drug-likeness (QED) is 0.812. The van der Waals surface area contributed by atoms with Crippen molar-refractivity contribution >= 4 is 5.91 Å². The van der Waals surface area contributed by atoms with Gasteiger partial charge in [0.25, 0.3) is 0 Å². The molecule has 1 aliphatic heterocycles. The van der Waals surface area contributed by atoms with E-state index in [9.17, 15) is 18.0 Å². The molecule has 122 valence electrons. The summed E-state index contributed by atoms with van der Waals surface area (Å²) in [5.41, 5.74) is -0.179. The van der Waals surface area contributed by atoms with E-state index in [0.29, 0.717) is 37.3 Å². The second-order valence-corrected chi connectivity index (χ2v) is 5.90. The first kappa shape index (κ1) is 16.8. The van der Waals surface area contributed by atoms with Crippen molar-refractivity contribution in [2.24, 2.45) is 5.92 Å². The summed E-state index contributed by atoms with van der Waals surface area (Å²) in [6.07, 6.45) is -0.773. The summed E-state index contributed by atoms with van der Waals surface area (Å²) < 4.78 is 38.9. The van der Waals surface area contributed by atoms with E-state index in [1.165, 1.54) is 6.07 Å². The summed E-state index contributed by atoms with van der Waals surface area (Å²) in [7, 11) is 0. The molecule has 1 atom stereocenters. The van der Waals surface area contributed by atoms with Gasteiger partial charge in [-0.2, -0.15) is 13.2 Å². The number of benzene rings is 1. The molecule has 22 heavy (non-hydrogen) atoms. The monoisotopic (exact) mass is 313 g/mol. The smallest absolute Gasteiger partial charge is 0.342 e. The Morgan fingerprint density at radius 3 is 2.73 bits per heavy atom. The second kappa shape index (κ2) is 7.16. The number of amides is 1. The van der Waals surface area contributed by atoms with Gasteiger partial charge in [0.05, 0.1) is 5.56 Å². The highest BCUT2D eigenvalue weighted by atomic mass is 19.4. The average Bonchev–Trinajstić information content (AvgIpc) is 2.52. The van der Waals surface area contributed by atoms with Gasteiger partial charge in [0, 0.05) is 19.5 Å². The van der Waals surface area contributed by atoms with Crippen LogP contribution in [0.5, 0.6) is 0 Å². The Hall–Kier alpha value is -1.52. The van der Waals surface area contributed by atoms with Crippen LogP contribution in [0.1, 0.15) is 43.7 Å². The van der Waals surface area contributed by atoms with Crippen molar-refractivity contribution in [2.75, 3.05) is 13.1 Å². The summed E-state index contributed by atoms with van der Waals surface area (Å²) in [6, 6.07) is 5.77. The molecule has 1 amide bonds. The van der Waals surface area contributed by atoms with Gasteiger partial charge in [-0.25, -0.2) is 0 Å². The van der Waals surface area contributed by atoms with Crippen LogP contribution in [0.25, 0.3) is 0 Å². The number of hydrogen-bond acceptors (Lipinski definition) is 1. The van der Waals surface area contributed by atoms with Crippen LogP contribution < -0.4 is 0 Å². The van der Waals surface area contributed by atoms with Crippen LogP contribution in [-0.4, -0.2) is 23.9 Å². The van der Waals surface area contributed by atoms with Crippen molar-refractivity contribution in [1.29, 1.82) is 0 Å². The molecule has 0 aromatic heterocycles. The van der Waals surface area contributed by atoms with Crippen LogP contribution in [0, 0.1) is 5.92 Å². The maximum Gasteiger partial charge on any atom is 0.416 e. The fourth-order valence-electron chi connectivity index (χ4n) is 3.13. The predicted molar refractivity (Wildman–Crippen MR) is 79.4 cm³/mol. The van der Waals surface area contributed by atoms with Crippen molar-refractivity contribution in [1.82, 2.24) is 4.90 Å². The number of carbonyl (C=O) groups excluding carboxylic acids is 1. The molecule has 0 bridgehead atoms. The van der Waals surface area contributed by atoms with Crippen molar-refractivity contribution in [2.45, 2.75) is 45.2 Å². The fraction of sp³-hybridized carbons (Fsp3) is 0.588. The number of nitrogens with zero attached hydrogens (tertiary/aromatic N) is 1. The molecular weight excluding hydrogens is 291 g/mol. The Kier molecular flexibility index (Phi) is 5.48. The number of piperidine rings is 1. The lowest BCUT2D eigenvalue weighted by Gasteiger charge is -2.33. The van der Waals surface area contributed by atoms with E-state index in [1.807, 2.05) is 11.8 Å². The van der Waals surface area contributed by atoms with E-state index >= 15 is 0 Å². The van der Waals surface area contributed by atoms with Gasteiger partial charge in [0.2, 0.25) is 5.91 Å². The van der Waals surface area contributed by atoms with Crippen molar-refractivity contribution < 1.29 is 18.0 Å². The molecule has 1 heterocycles. The van der Waals surface area contributed by atoms with Crippen LogP contribution in [0.2, 0.25) is 0 Å². The molecule has 0 aliphatic carbocycles. The first-order valence-electron chi connectivity index (χ1n) is 7.84. The summed E-state index contributed by atoms with van der Waals surface area (Å²) in [5, 5.41) is 0. The molecule has 1 aliphatic rings. The molecule has 1 aromatic rings. The second-order valence-electron chi connectivity index (χ2n) is 5.90. The Morgan fingerprint density at radius 2 is 2.05 bits per heavy atom. The maximum absolute atomic E-state index is 13.0.